The third-order valence-corrected chi connectivity index (χ3v) is 3.18. The molecule has 0 fully saturated rings. The van der Waals surface area contributed by atoms with Crippen LogP contribution in [0.15, 0.2) is 34.3 Å². The molecule has 0 saturated carbocycles. The van der Waals surface area contributed by atoms with E-state index in [0.29, 0.717) is 0 Å². The van der Waals surface area contributed by atoms with Crippen LogP contribution in [0.2, 0.25) is 0 Å². The minimum absolute atomic E-state index is 0.764. The lowest BCUT2D eigenvalue weighted by atomic mass is 10.1. The Morgan fingerprint density at radius 3 is 3.06 bits per heavy atom. The lowest BCUT2D eigenvalue weighted by Crippen LogP contribution is -2.14. The Kier molecular flexibility index (Phi) is 4.02. The van der Waals surface area contributed by atoms with E-state index in [2.05, 4.69) is 52.4 Å². The highest BCUT2D eigenvalue weighted by molar-refractivity contribution is 9.10. The van der Waals surface area contributed by atoms with Crippen molar-refractivity contribution in [2.45, 2.75) is 13.3 Å². The van der Waals surface area contributed by atoms with Gasteiger partial charge in [0, 0.05) is 16.7 Å². The highest BCUT2D eigenvalue weighted by Crippen LogP contribution is 2.21. The molecular weight excluding hydrogens is 266 g/mol. The molecule has 0 bridgehead atoms. The molecule has 0 saturated heterocycles. The quantitative estimate of drug-likeness (QED) is 0.856. The Labute approximate surface area is 105 Å². The second-order valence-electron chi connectivity index (χ2n) is 4.02. The molecule has 0 radical (unpaired) electrons. The van der Waals surface area contributed by atoms with Gasteiger partial charge in [0.15, 0.2) is 0 Å². The van der Waals surface area contributed by atoms with Crippen LogP contribution in [0.25, 0.3) is 0 Å². The molecule has 86 valence electrons. The summed E-state index contributed by atoms with van der Waals surface area (Å²) in [7, 11) is 0. The topological polar surface area (TPSA) is 21.3 Å². The van der Waals surface area contributed by atoms with Crippen molar-refractivity contribution < 1.29 is 4.74 Å². The van der Waals surface area contributed by atoms with Crippen molar-refractivity contribution in [3.05, 3.63) is 39.9 Å². The molecule has 0 unspecified atom stereocenters. The van der Waals surface area contributed by atoms with Crippen molar-refractivity contribution >= 4 is 21.6 Å². The van der Waals surface area contributed by atoms with Crippen molar-refractivity contribution in [3.8, 4) is 0 Å². The maximum Gasteiger partial charge on any atom is 0.0693 e. The summed E-state index contributed by atoms with van der Waals surface area (Å²) in [5, 5.41) is 3.45. The molecule has 0 spiro atoms. The van der Waals surface area contributed by atoms with Gasteiger partial charge in [-0.2, -0.15) is 0 Å². The summed E-state index contributed by atoms with van der Waals surface area (Å²) in [5.74, 6) is 0. The average Bonchev–Trinajstić information content (AvgIpc) is 2.32. The van der Waals surface area contributed by atoms with Crippen LogP contribution in [0, 0.1) is 6.92 Å². The van der Waals surface area contributed by atoms with Crippen LogP contribution < -0.4 is 5.32 Å². The normalized spacial score (nSPS) is 15.8. The molecule has 0 atom stereocenters. The average molecular weight is 282 g/mol. The van der Waals surface area contributed by atoms with E-state index in [1.807, 2.05) is 0 Å². The van der Waals surface area contributed by atoms with E-state index in [0.717, 1.165) is 30.7 Å². The second kappa shape index (κ2) is 5.51. The molecular formula is C13H16BrNO. The van der Waals surface area contributed by atoms with E-state index < -0.39 is 0 Å². The van der Waals surface area contributed by atoms with Gasteiger partial charge in [-0.15, -0.1) is 0 Å². The number of anilines is 1. The summed E-state index contributed by atoms with van der Waals surface area (Å²) in [6.07, 6.45) is 3.30. The summed E-state index contributed by atoms with van der Waals surface area (Å²) < 4.78 is 6.51. The SMILES string of the molecule is Cc1ccc(Br)cc1NCC1=CCCOC1. The van der Waals surface area contributed by atoms with E-state index >= 15 is 0 Å². The minimum atomic E-state index is 0.764. The van der Waals surface area contributed by atoms with Gasteiger partial charge >= 0.3 is 0 Å². The third kappa shape index (κ3) is 3.09. The highest BCUT2D eigenvalue weighted by atomic mass is 79.9. The second-order valence-corrected chi connectivity index (χ2v) is 4.93. The number of hydrogen-bond donors (Lipinski definition) is 1. The van der Waals surface area contributed by atoms with Crippen molar-refractivity contribution in [2.75, 3.05) is 25.1 Å². The summed E-state index contributed by atoms with van der Waals surface area (Å²) >= 11 is 3.48. The van der Waals surface area contributed by atoms with Crippen LogP contribution in [-0.2, 0) is 4.74 Å². The molecule has 16 heavy (non-hydrogen) atoms. The predicted molar refractivity (Wildman–Crippen MR) is 70.9 cm³/mol. The summed E-state index contributed by atoms with van der Waals surface area (Å²) in [4.78, 5) is 0. The van der Waals surface area contributed by atoms with Gasteiger partial charge < -0.3 is 10.1 Å². The molecule has 0 amide bonds. The Hall–Kier alpha value is -0.800. The fourth-order valence-electron chi connectivity index (χ4n) is 1.73. The number of ether oxygens (including phenoxy) is 1. The number of rotatable bonds is 3. The first-order chi connectivity index (χ1) is 7.75. The molecule has 1 aromatic rings. The number of aryl methyl sites for hydroxylation is 1. The van der Waals surface area contributed by atoms with Gasteiger partial charge in [0.25, 0.3) is 0 Å². The number of halogens is 1. The van der Waals surface area contributed by atoms with Crippen molar-refractivity contribution in [1.29, 1.82) is 0 Å². The molecule has 2 nitrogen and oxygen atoms in total. The first kappa shape index (κ1) is 11.7. The van der Waals surface area contributed by atoms with Crippen LogP contribution in [0.1, 0.15) is 12.0 Å². The molecule has 0 aromatic heterocycles. The van der Waals surface area contributed by atoms with Crippen molar-refractivity contribution in [2.24, 2.45) is 0 Å². The van der Waals surface area contributed by atoms with Crippen LogP contribution in [0.5, 0.6) is 0 Å². The first-order valence-electron chi connectivity index (χ1n) is 5.51. The molecule has 1 N–H and O–H groups in total. The number of benzene rings is 1. The molecule has 1 aliphatic heterocycles. The number of nitrogens with one attached hydrogen (secondary N) is 1. The van der Waals surface area contributed by atoms with Gasteiger partial charge in [-0.3, -0.25) is 0 Å². The van der Waals surface area contributed by atoms with E-state index in [-0.39, 0.29) is 0 Å². The fourth-order valence-corrected chi connectivity index (χ4v) is 2.09. The van der Waals surface area contributed by atoms with Gasteiger partial charge in [0.05, 0.1) is 13.2 Å². The maximum atomic E-state index is 5.41. The van der Waals surface area contributed by atoms with Gasteiger partial charge in [-0.25, -0.2) is 0 Å². The minimum Gasteiger partial charge on any atom is -0.381 e. The standard InChI is InChI=1S/C13H16BrNO/c1-10-4-5-12(14)7-13(10)15-8-11-3-2-6-16-9-11/h3-5,7,15H,2,6,8-9H2,1H3. The highest BCUT2D eigenvalue weighted by Gasteiger charge is 2.04. The Balaban J connectivity index is 1.98. The zero-order valence-corrected chi connectivity index (χ0v) is 11.0. The smallest absolute Gasteiger partial charge is 0.0693 e. The van der Waals surface area contributed by atoms with Gasteiger partial charge in [0.2, 0.25) is 0 Å². The van der Waals surface area contributed by atoms with Crippen molar-refractivity contribution in [3.63, 3.8) is 0 Å². The van der Waals surface area contributed by atoms with Gasteiger partial charge in [-0.05, 0) is 36.6 Å². The molecule has 0 aliphatic carbocycles. The lowest BCUT2D eigenvalue weighted by Gasteiger charge is -2.16. The van der Waals surface area contributed by atoms with Crippen LogP contribution in [0.4, 0.5) is 5.69 Å². The Morgan fingerprint density at radius 1 is 1.44 bits per heavy atom. The van der Waals surface area contributed by atoms with E-state index in [1.165, 1.54) is 16.8 Å². The van der Waals surface area contributed by atoms with Crippen LogP contribution in [0.3, 0.4) is 0 Å². The maximum absolute atomic E-state index is 5.41. The third-order valence-electron chi connectivity index (χ3n) is 2.69. The predicted octanol–water partition coefficient (Wildman–Crippen LogP) is 3.52. The summed E-state index contributed by atoms with van der Waals surface area (Å²) in [6.45, 7) is 4.61. The van der Waals surface area contributed by atoms with Crippen molar-refractivity contribution in [1.82, 2.24) is 0 Å². The Bertz CT molecular complexity index is 401. The van der Waals surface area contributed by atoms with E-state index in [9.17, 15) is 0 Å². The van der Waals surface area contributed by atoms with Gasteiger partial charge in [-0.1, -0.05) is 28.1 Å². The van der Waals surface area contributed by atoms with Crippen LogP contribution >= 0.6 is 15.9 Å². The molecule has 2 rings (SSSR count). The molecule has 1 heterocycles. The zero-order chi connectivity index (χ0) is 11.4. The first-order valence-corrected chi connectivity index (χ1v) is 6.30. The van der Waals surface area contributed by atoms with Gasteiger partial charge in [0.1, 0.15) is 0 Å². The summed E-state index contributed by atoms with van der Waals surface area (Å²) in [5.41, 5.74) is 3.78. The monoisotopic (exact) mass is 281 g/mol. The molecule has 1 aromatic carbocycles. The Morgan fingerprint density at radius 2 is 2.31 bits per heavy atom. The lowest BCUT2D eigenvalue weighted by molar-refractivity contribution is 0.150. The van der Waals surface area contributed by atoms with E-state index in [4.69, 9.17) is 4.74 Å². The largest absolute Gasteiger partial charge is 0.381 e. The van der Waals surface area contributed by atoms with E-state index in [1.54, 1.807) is 0 Å². The number of hydrogen-bond acceptors (Lipinski definition) is 2. The molecule has 3 heteroatoms. The van der Waals surface area contributed by atoms with Crippen LogP contribution in [-0.4, -0.2) is 19.8 Å². The summed E-state index contributed by atoms with van der Waals surface area (Å²) in [6, 6.07) is 6.28. The zero-order valence-electron chi connectivity index (χ0n) is 9.42. The fraction of sp³-hybridized carbons (Fsp3) is 0.385. The molecule has 1 aliphatic rings.